The van der Waals surface area contributed by atoms with Crippen molar-refractivity contribution in [3.8, 4) is 0 Å². The van der Waals surface area contributed by atoms with Gasteiger partial charge in [0.25, 0.3) is 5.91 Å². The molecule has 0 unspecified atom stereocenters. The molecule has 0 spiro atoms. The SMILES string of the molecule is Cc1ccccc1Nc1cc(C(=O)Nc2cccc(Cl)c2C)ncn1. The summed E-state index contributed by atoms with van der Waals surface area (Å²) in [5.41, 5.74) is 3.75. The van der Waals surface area contributed by atoms with Gasteiger partial charge in [-0.15, -0.1) is 0 Å². The van der Waals surface area contributed by atoms with Gasteiger partial charge in [-0.25, -0.2) is 9.97 Å². The van der Waals surface area contributed by atoms with Crippen LogP contribution in [0.4, 0.5) is 17.2 Å². The van der Waals surface area contributed by atoms with Crippen LogP contribution in [-0.2, 0) is 0 Å². The highest BCUT2D eigenvalue weighted by molar-refractivity contribution is 6.31. The fourth-order valence-electron chi connectivity index (χ4n) is 2.33. The van der Waals surface area contributed by atoms with Crippen molar-refractivity contribution in [1.82, 2.24) is 9.97 Å². The van der Waals surface area contributed by atoms with E-state index in [1.165, 1.54) is 6.33 Å². The minimum atomic E-state index is -0.319. The molecule has 0 bridgehead atoms. The first-order valence-corrected chi connectivity index (χ1v) is 8.13. The first-order chi connectivity index (χ1) is 12.0. The summed E-state index contributed by atoms with van der Waals surface area (Å²) in [6.45, 7) is 3.85. The van der Waals surface area contributed by atoms with Crippen LogP contribution in [0, 0.1) is 13.8 Å². The van der Waals surface area contributed by atoms with E-state index in [2.05, 4.69) is 20.6 Å². The monoisotopic (exact) mass is 352 g/mol. The minimum absolute atomic E-state index is 0.269. The fourth-order valence-corrected chi connectivity index (χ4v) is 2.50. The lowest BCUT2D eigenvalue weighted by Crippen LogP contribution is -2.15. The molecule has 0 aliphatic heterocycles. The first kappa shape index (κ1) is 16.9. The molecule has 0 aliphatic carbocycles. The third-order valence-electron chi connectivity index (χ3n) is 3.82. The van der Waals surface area contributed by atoms with E-state index in [-0.39, 0.29) is 11.6 Å². The number of aromatic nitrogens is 2. The molecule has 0 atom stereocenters. The summed E-state index contributed by atoms with van der Waals surface area (Å²) >= 11 is 6.09. The van der Waals surface area contributed by atoms with Crippen LogP contribution in [0.15, 0.2) is 54.9 Å². The lowest BCUT2D eigenvalue weighted by atomic mass is 10.2. The van der Waals surface area contributed by atoms with Gasteiger partial charge in [-0.2, -0.15) is 0 Å². The van der Waals surface area contributed by atoms with E-state index in [1.807, 2.05) is 38.1 Å². The Morgan fingerprint density at radius 3 is 2.56 bits per heavy atom. The standard InChI is InChI=1S/C19H17ClN4O/c1-12-6-3-4-8-15(12)23-18-10-17(21-11-22-18)19(25)24-16-9-5-7-14(20)13(16)2/h3-11H,1-2H3,(H,24,25)(H,21,22,23). The molecule has 5 nitrogen and oxygen atoms in total. The Morgan fingerprint density at radius 1 is 1.00 bits per heavy atom. The smallest absolute Gasteiger partial charge is 0.274 e. The highest BCUT2D eigenvalue weighted by Gasteiger charge is 2.12. The Hall–Kier alpha value is -2.92. The molecule has 1 heterocycles. The van der Waals surface area contributed by atoms with E-state index in [0.717, 1.165) is 16.8 Å². The predicted molar refractivity (Wildman–Crippen MR) is 101 cm³/mol. The normalized spacial score (nSPS) is 10.4. The van der Waals surface area contributed by atoms with Gasteiger partial charge in [0.05, 0.1) is 0 Å². The minimum Gasteiger partial charge on any atom is -0.340 e. The Bertz CT molecular complexity index is 927. The van der Waals surface area contributed by atoms with Crippen LogP contribution >= 0.6 is 11.6 Å². The third kappa shape index (κ3) is 3.95. The highest BCUT2D eigenvalue weighted by atomic mass is 35.5. The average molecular weight is 353 g/mol. The summed E-state index contributed by atoms with van der Waals surface area (Å²) in [6.07, 6.45) is 1.36. The molecule has 25 heavy (non-hydrogen) atoms. The summed E-state index contributed by atoms with van der Waals surface area (Å²) in [5.74, 6) is 0.234. The van der Waals surface area contributed by atoms with Crippen molar-refractivity contribution in [2.45, 2.75) is 13.8 Å². The molecule has 0 saturated carbocycles. The van der Waals surface area contributed by atoms with Crippen molar-refractivity contribution in [3.05, 3.63) is 76.7 Å². The molecule has 3 aromatic rings. The predicted octanol–water partition coefficient (Wildman–Crippen LogP) is 4.74. The second-order valence-electron chi connectivity index (χ2n) is 5.59. The van der Waals surface area contributed by atoms with Crippen molar-refractivity contribution >= 4 is 34.7 Å². The fraction of sp³-hybridized carbons (Fsp3) is 0.105. The summed E-state index contributed by atoms with van der Waals surface area (Å²) < 4.78 is 0. The van der Waals surface area contributed by atoms with Crippen LogP contribution in [-0.4, -0.2) is 15.9 Å². The Balaban J connectivity index is 1.80. The average Bonchev–Trinajstić information content (AvgIpc) is 2.61. The molecular weight excluding hydrogens is 336 g/mol. The topological polar surface area (TPSA) is 66.9 Å². The summed E-state index contributed by atoms with van der Waals surface area (Å²) in [7, 11) is 0. The van der Waals surface area contributed by atoms with Gasteiger partial charge in [0, 0.05) is 22.5 Å². The van der Waals surface area contributed by atoms with Crippen molar-refractivity contribution in [3.63, 3.8) is 0 Å². The number of nitrogens with one attached hydrogen (secondary N) is 2. The van der Waals surface area contributed by atoms with Crippen LogP contribution in [0.5, 0.6) is 0 Å². The quantitative estimate of drug-likeness (QED) is 0.711. The maximum atomic E-state index is 12.5. The van der Waals surface area contributed by atoms with Crippen molar-refractivity contribution in [1.29, 1.82) is 0 Å². The van der Waals surface area contributed by atoms with E-state index in [1.54, 1.807) is 24.3 Å². The Labute approximate surface area is 151 Å². The molecule has 3 rings (SSSR count). The molecule has 0 radical (unpaired) electrons. The van der Waals surface area contributed by atoms with Gasteiger partial charge in [-0.05, 0) is 43.2 Å². The largest absolute Gasteiger partial charge is 0.340 e. The zero-order valence-corrected chi connectivity index (χ0v) is 14.6. The van der Waals surface area contributed by atoms with Gasteiger partial charge in [0.1, 0.15) is 17.8 Å². The van der Waals surface area contributed by atoms with Crippen molar-refractivity contribution in [2.24, 2.45) is 0 Å². The van der Waals surface area contributed by atoms with Crippen molar-refractivity contribution in [2.75, 3.05) is 10.6 Å². The van der Waals surface area contributed by atoms with E-state index in [9.17, 15) is 4.79 Å². The first-order valence-electron chi connectivity index (χ1n) is 7.76. The third-order valence-corrected chi connectivity index (χ3v) is 4.23. The van der Waals surface area contributed by atoms with Crippen LogP contribution in [0.1, 0.15) is 21.6 Å². The molecule has 1 amide bonds. The van der Waals surface area contributed by atoms with E-state index in [4.69, 9.17) is 11.6 Å². The van der Waals surface area contributed by atoms with Gasteiger partial charge in [0.2, 0.25) is 0 Å². The van der Waals surface area contributed by atoms with Crippen molar-refractivity contribution < 1.29 is 4.79 Å². The van der Waals surface area contributed by atoms with Crippen LogP contribution in [0.2, 0.25) is 5.02 Å². The molecular formula is C19H17ClN4O. The van der Waals surface area contributed by atoms with Gasteiger partial charge < -0.3 is 10.6 Å². The van der Waals surface area contributed by atoms with E-state index >= 15 is 0 Å². The Kier molecular flexibility index (Phi) is 4.95. The zero-order chi connectivity index (χ0) is 17.8. The number of halogens is 1. The number of anilines is 3. The van der Waals surface area contributed by atoms with E-state index < -0.39 is 0 Å². The second kappa shape index (κ2) is 7.32. The van der Waals surface area contributed by atoms with Gasteiger partial charge >= 0.3 is 0 Å². The van der Waals surface area contributed by atoms with Gasteiger partial charge in [-0.3, -0.25) is 4.79 Å². The molecule has 0 saturated heterocycles. The molecule has 1 aromatic heterocycles. The maximum absolute atomic E-state index is 12.5. The lowest BCUT2D eigenvalue weighted by molar-refractivity contribution is 0.102. The number of aryl methyl sites for hydroxylation is 1. The summed E-state index contributed by atoms with van der Waals surface area (Å²) in [4.78, 5) is 20.7. The molecule has 0 aliphatic rings. The maximum Gasteiger partial charge on any atom is 0.274 e. The molecule has 0 fully saturated rings. The van der Waals surface area contributed by atoms with Gasteiger partial charge in [-0.1, -0.05) is 35.9 Å². The second-order valence-corrected chi connectivity index (χ2v) is 6.00. The number of amides is 1. The molecule has 6 heteroatoms. The van der Waals surface area contributed by atoms with E-state index in [0.29, 0.717) is 16.5 Å². The number of rotatable bonds is 4. The van der Waals surface area contributed by atoms with Crippen LogP contribution in [0.25, 0.3) is 0 Å². The number of carbonyl (C=O) groups excluding carboxylic acids is 1. The summed E-state index contributed by atoms with van der Waals surface area (Å²) in [6, 6.07) is 14.8. The number of benzene rings is 2. The number of nitrogens with zero attached hydrogens (tertiary/aromatic N) is 2. The zero-order valence-electron chi connectivity index (χ0n) is 13.9. The number of para-hydroxylation sites is 1. The Morgan fingerprint density at radius 2 is 1.76 bits per heavy atom. The lowest BCUT2D eigenvalue weighted by Gasteiger charge is -2.11. The molecule has 2 N–H and O–H groups in total. The summed E-state index contributed by atoms with van der Waals surface area (Å²) in [5, 5.41) is 6.63. The molecule has 2 aromatic carbocycles. The van der Waals surface area contributed by atoms with Crippen LogP contribution in [0.3, 0.4) is 0 Å². The number of hydrogen-bond donors (Lipinski definition) is 2. The number of hydrogen-bond acceptors (Lipinski definition) is 4. The number of carbonyl (C=O) groups is 1. The highest BCUT2D eigenvalue weighted by Crippen LogP contribution is 2.24. The molecule has 126 valence electrons. The van der Waals surface area contributed by atoms with Crippen LogP contribution < -0.4 is 10.6 Å². The van der Waals surface area contributed by atoms with Gasteiger partial charge in [0.15, 0.2) is 0 Å².